The highest BCUT2D eigenvalue weighted by molar-refractivity contribution is 5.70. The molecule has 0 amide bonds. The first kappa shape index (κ1) is 15.5. The lowest BCUT2D eigenvalue weighted by Gasteiger charge is -2.06. The molecule has 114 valence electrons. The summed E-state index contributed by atoms with van der Waals surface area (Å²) in [7, 11) is 1.27. The Labute approximate surface area is 127 Å². The highest BCUT2D eigenvalue weighted by Crippen LogP contribution is 2.25. The lowest BCUT2D eigenvalue weighted by molar-refractivity contribution is -0.140. The summed E-state index contributed by atoms with van der Waals surface area (Å²) in [5.74, 6) is -0.944. The van der Waals surface area contributed by atoms with E-state index in [4.69, 9.17) is 0 Å². The number of aromatic nitrogens is 2. The highest BCUT2D eigenvalue weighted by atomic mass is 16.5. The van der Waals surface area contributed by atoms with Crippen LogP contribution in [0.2, 0.25) is 0 Å². The molecule has 2 rings (SSSR count). The molecule has 6 nitrogen and oxygen atoms in total. The van der Waals surface area contributed by atoms with Gasteiger partial charge in [-0.1, -0.05) is 36.4 Å². The van der Waals surface area contributed by atoms with E-state index in [2.05, 4.69) is 14.7 Å². The fourth-order valence-electron chi connectivity index (χ4n) is 1.84. The van der Waals surface area contributed by atoms with E-state index >= 15 is 0 Å². The van der Waals surface area contributed by atoms with E-state index in [1.165, 1.54) is 7.11 Å². The zero-order valence-corrected chi connectivity index (χ0v) is 12.1. The second-order valence-corrected chi connectivity index (χ2v) is 4.53. The summed E-state index contributed by atoms with van der Waals surface area (Å²) in [6.07, 6.45) is 3.48. The van der Waals surface area contributed by atoms with Crippen molar-refractivity contribution < 1.29 is 19.7 Å². The summed E-state index contributed by atoms with van der Waals surface area (Å²) >= 11 is 0. The maximum Gasteiger partial charge on any atom is 0.305 e. The molecule has 0 saturated heterocycles. The van der Waals surface area contributed by atoms with E-state index in [9.17, 15) is 15.0 Å². The number of esters is 1. The van der Waals surface area contributed by atoms with E-state index in [1.54, 1.807) is 12.2 Å². The fraction of sp³-hybridized carbons (Fsp3) is 0.188. The maximum atomic E-state index is 11.1. The molecule has 1 aromatic heterocycles. The highest BCUT2D eigenvalue weighted by Gasteiger charge is 2.14. The standard InChI is InChI=1S/C16H16N2O4/c1-22-14(19)10-8-12-15(20)17-13(18-16(12)21)9-7-11-5-3-2-4-6-11/h2-7,9H,8,10H2,1H3,(H2,17,18,20,21)/b9-7+. The lowest BCUT2D eigenvalue weighted by atomic mass is 10.1. The maximum absolute atomic E-state index is 11.1. The van der Waals surface area contributed by atoms with Crippen LogP contribution in [0.1, 0.15) is 23.4 Å². The Morgan fingerprint density at radius 1 is 1.14 bits per heavy atom. The number of carbonyl (C=O) groups is 1. The number of benzene rings is 1. The molecule has 0 aliphatic heterocycles. The Hall–Kier alpha value is -2.89. The van der Waals surface area contributed by atoms with Gasteiger partial charge in [0.05, 0.1) is 12.7 Å². The zero-order valence-electron chi connectivity index (χ0n) is 12.1. The predicted octanol–water partition coefficient (Wildman–Crippen LogP) is 2.16. The van der Waals surface area contributed by atoms with Gasteiger partial charge in [0.1, 0.15) is 0 Å². The molecule has 6 heteroatoms. The van der Waals surface area contributed by atoms with Gasteiger partial charge in [-0.2, -0.15) is 9.97 Å². The van der Waals surface area contributed by atoms with Crippen molar-refractivity contribution in [3.8, 4) is 11.8 Å². The summed E-state index contributed by atoms with van der Waals surface area (Å²) in [4.78, 5) is 18.9. The molecule has 0 aliphatic carbocycles. The molecule has 22 heavy (non-hydrogen) atoms. The minimum absolute atomic E-state index is 0.0280. The Kier molecular flexibility index (Phi) is 5.08. The van der Waals surface area contributed by atoms with Crippen LogP contribution in [-0.2, 0) is 16.0 Å². The number of carbonyl (C=O) groups excluding carboxylic acids is 1. The number of nitrogens with zero attached hydrogens (tertiary/aromatic N) is 2. The summed E-state index contributed by atoms with van der Waals surface area (Å²) < 4.78 is 4.51. The molecule has 0 aliphatic rings. The van der Waals surface area contributed by atoms with Crippen LogP contribution in [0.5, 0.6) is 11.8 Å². The van der Waals surface area contributed by atoms with Crippen molar-refractivity contribution >= 4 is 18.1 Å². The molecule has 0 radical (unpaired) electrons. The SMILES string of the molecule is COC(=O)CCc1c(O)nc(/C=C/c2ccccc2)nc1O. The van der Waals surface area contributed by atoms with Crippen LogP contribution in [-0.4, -0.2) is 33.3 Å². The molecule has 0 bridgehead atoms. The average Bonchev–Trinajstić information content (AvgIpc) is 2.52. The first-order valence-corrected chi connectivity index (χ1v) is 6.69. The quantitative estimate of drug-likeness (QED) is 0.822. The van der Waals surface area contributed by atoms with Crippen molar-refractivity contribution in [3.05, 3.63) is 47.3 Å². The van der Waals surface area contributed by atoms with Gasteiger partial charge in [0.25, 0.3) is 0 Å². The van der Waals surface area contributed by atoms with Gasteiger partial charge < -0.3 is 14.9 Å². The van der Waals surface area contributed by atoms with E-state index < -0.39 is 5.97 Å². The first-order valence-electron chi connectivity index (χ1n) is 6.69. The minimum Gasteiger partial charge on any atom is -0.493 e. The molecule has 0 atom stereocenters. The monoisotopic (exact) mass is 300 g/mol. The normalized spacial score (nSPS) is 10.8. The molecule has 0 spiro atoms. The lowest BCUT2D eigenvalue weighted by Crippen LogP contribution is -2.03. The van der Waals surface area contributed by atoms with Crippen molar-refractivity contribution in [1.29, 1.82) is 0 Å². The van der Waals surface area contributed by atoms with Gasteiger partial charge in [-0.15, -0.1) is 0 Å². The van der Waals surface area contributed by atoms with E-state index in [1.807, 2.05) is 30.3 Å². The van der Waals surface area contributed by atoms with Crippen LogP contribution in [0.15, 0.2) is 30.3 Å². The third-order valence-electron chi connectivity index (χ3n) is 3.01. The molecule has 0 fully saturated rings. The van der Waals surface area contributed by atoms with Crippen molar-refractivity contribution in [2.45, 2.75) is 12.8 Å². The van der Waals surface area contributed by atoms with Crippen LogP contribution in [0.3, 0.4) is 0 Å². The molecule has 2 aromatic rings. The first-order chi connectivity index (χ1) is 10.6. The van der Waals surface area contributed by atoms with E-state index in [0.29, 0.717) is 0 Å². The third-order valence-corrected chi connectivity index (χ3v) is 3.01. The fourth-order valence-corrected chi connectivity index (χ4v) is 1.84. The Morgan fingerprint density at radius 2 is 1.77 bits per heavy atom. The molecule has 2 N–H and O–H groups in total. The van der Waals surface area contributed by atoms with Crippen LogP contribution in [0, 0.1) is 0 Å². The van der Waals surface area contributed by atoms with Crippen molar-refractivity contribution in [3.63, 3.8) is 0 Å². The van der Waals surface area contributed by atoms with Crippen molar-refractivity contribution in [1.82, 2.24) is 9.97 Å². The summed E-state index contributed by atoms with van der Waals surface area (Å²) in [6.45, 7) is 0. The Bertz CT molecular complexity index is 661. The van der Waals surface area contributed by atoms with Gasteiger partial charge in [0.2, 0.25) is 11.8 Å². The van der Waals surface area contributed by atoms with Gasteiger partial charge in [0, 0.05) is 6.42 Å². The third kappa shape index (κ3) is 4.05. The number of ether oxygens (including phenoxy) is 1. The number of hydrogen-bond acceptors (Lipinski definition) is 6. The summed E-state index contributed by atoms with van der Waals surface area (Å²) in [5, 5.41) is 19.7. The average molecular weight is 300 g/mol. The predicted molar refractivity (Wildman–Crippen MR) is 81.1 cm³/mol. The smallest absolute Gasteiger partial charge is 0.305 e. The van der Waals surface area contributed by atoms with E-state index in [-0.39, 0.29) is 36.0 Å². The zero-order chi connectivity index (χ0) is 15.9. The minimum atomic E-state index is -0.438. The van der Waals surface area contributed by atoms with Gasteiger partial charge >= 0.3 is 5.97 Å². The largest absolute Gasteiger partial charge is 0.493 e. The van der Waals surface area contributed by atoms with Gasteiger partial charge in [-0.25, -0.2) is 0 Å². The Balaban J connectivity index is 2.15. The Morgan fingerprint density at radius 3 is 2.36 bits per heavy atom. The van der Waals surface area contributed by atoms with Crippen LogP contribution < -0.4 is 0 Å². The number of methoxy groups -OCH3 is 1. The molecule has 0 unspecified atom stereocenters. The summed E-state index contributed by atoms with van der Waals surface area (Å²) in [6, 6.07) is 9.50. The van der Waals surface area contributed by atoms with Crippen LogP contribution in [0.4, 0.5) is 0 Å². The number of rotatable bonds is 5. The second kappa shape index (κ2) is 7.21. The van der Waals surface area contributed by atoms with Crippen LogP contribution in [0.25, 0.3) is 12.2 Å². The van der Waals surface area contributed by atoms with Gasteiger partial charge in [0.15, 0.2) is 5.82 Å². The van der Waals surface area contributed by atoms with Crippen molar-refractivity contribution in [2.24, 2.45) is 0 Å². The number of hydrogen-bond donors (Lipinski definition) is 2. The van der Waals surface area contributed by atoms with Crippen LogP contribution >= 0.6 is 0 Å². The summed E-state index contributed by atoms with van der Waals surface area (Å²) in [5.41, 5.74) is 1.07. The van der Waals surface area contributed by atoms with Gasteiger partial charge in [-0.05, 0) is 18.1 Å². The molecule has 1 aromatic carbocycles. The topological polar surface area (TPSA) is 92.5 Å². The van der Waals surface area contributed by atoms with Crippen molar-refractivity contribution in [2.75, 3.05) is 7.11 Å². The molecule has 0 saturated carbocycles. The number of aromatic hydroxyl groups is 2. The molecular weight excluding hydrogens is 284 g/mol. The molecular formula is C16H16N2O4. The molecule has 1 heterocycles. The van der Waals surface area contributed by atoms with E-state index in [0.717, 1.165) is 5.56 Å². The second-order valence-electron chi connectivity index (χ2n) is 4.53. The van der Waals surface area contributed by atoms with Gasteiger partial charge in [-0.3, -0.25) is 4.79 Å².